The maximum atomic E-state index is 14.0. The summed E-state index contributed by atoms with van der Waals surface area (Å²) in [4.78, 5) is 10.5. The van der Waals surface area contributed by atoms with Crippen LogP contribution in [0.5, 0.6) is 0 Å². The molecule has 0 saturated carbocycles. The Morgan fingerprint density at radius 1 is 1.24 bits per heavy atom. The summed E-state index contributed by atoms with van der Waals surface area (Å²) in [6.45, 7) is 7.70. The first kappa shape index (κ1) is 15.7. The van der Waals surface area contributed by atoms with E-state index in [0.717, 1.165) is 6.08 Å². The molecule has 0 spiro atoms. The van der Waals surface area contributed by atoms with E-state index < -0.39 is 30.1 Å². The van der Waals surface area contributed by atoms with Crippen LogP contribution in [-0.4, -0.2) is 29.4 Å². The van der Waals surface area contributed by atoms with E-state index in [1.54, 1.807) is 6.07 Å². The fraction of sp³-hybridized carbons (Fsp3) is 0.400. The van der Waals surface area contributed by atoms with Crippen LogP contribution in [0.1, 0.15) is 33.3 Å². The van der Waals surface area contributed by atoms with E-state index in [1.165, 1.54) is 18.2 Å². The molecule has 6 heteroatoms. The van der Waals surface area contributed by atoms with Crippen molar-refractivity contribution < 1.29 is 23.6 Å². The van der Waals surface area contributed by atoms with E-state index >= 15 is 0 Å². The predicted octanol–water partition coefficient (Wildman–Crippen LogP) is 2.22. The van der Waals surface area contributed by atoms with Crippen molar-refractivity contribution in [1.82, 2.24) is 0 Å². The number of benzene rings is 1. The van der Waals surface area contributed by atoms with Gasteiger partial charge < -0.3 is 14.4 Å². The minimum absolute atomic E-state index is 0.206. The average molecular weight is 292 g/mol. The van der Waals surface area contributed by atoms with E-state index in [-0.39, 0.29) is 5.56 Å². The van der Waals surface area contributed by atoms with E-state index in [0.29, 0.717) is 5.46 Å². The summed E-state index contributed by atoms with van der Waals surface area (Å²) >= 11 is 0. The number of aliphatic carboxylic acids is 1. The van der Waals surface area contributed by atoms with Gasteiger partial charge in [0.2, 0.25) is 0 Å². The van der Waals surface area contributed by atoms with Gasteiger partial charge in [-0.2, -0.15) is 0 Å². The Morgan fingerprint density at radius 3 is 2.29 bits per heavy atom. The third-order valence-corrected chi connectivity index (χ3v) is 3.96. The summed E-state index contributed by atoms with van der Waals surface area (Å²) in [5, 5.41) is 8.56. The van der Waals surface area contributed by atoms with Gasteiger partial charge in [0.05, 0.1) is 11.2 Å². The summed E-state index contributed by atoms with van der Waals surface area (Å²) in [6, 6.07) is 4.49. The zero-order chi connectivity index (χ0) is 15.8. The van der Waals surface area contributed by atoms with Crippen molar-refractivity contribution in [3.8, 4) is 0 Å². The lowest BCUT2D eigenvalue weighted by Gasteiger charge is -2.32. The molecule has 112 valence electrons. The van der Waals surface area contributed by atoms with Crippen molar-refractivity contribution in [2.24, 2.45) is 0 Å². The smallest absolute Gasteiger partial charge is 0.478 e. The molecule has 0 unspecified atom stereocenters. The fourth-order valence-corrected chi connectivity index (χ4v) is 1.97. The maximum absolute atomic E-state index is 14.0. The van der Waals surface area contributed by atoms with Crippen molar-refractivity contribution in [3.05, 3.63) is 35.7 Å². The molecule has 0 amide bonds. The molecule has 1 aliphatic rings. The highest BCUT2D eigenvalue weighted by molar-refractivity contribution is 6.62. The van der Waals surface area contributed by atoms with Crippen LogP contribution in [0, 0.1) is 5.82 Å². The monoisotopic (exact) mass is 292 g/mol. The Morgan fingerprint density at radius 2 is 1.81 bits per heavy atom. The number of carboxylic acids is 1. The van der Waals surface area contributed by atoms with Gasteiger partial charge >= 0.3 is 13.1 Å². The largest absolute Gasteiger partial charge is 0.494 e. The molecular weight excluding hydrogens is 274 g/mol. The molecule has 1 fully saturated rings. The number of carbonyl (C=O) groups is 1. The SMILES string of the molecule is CC1(C)OB(c2ccc(/C=C/C(=O)O)c(F)c2)OC1(C)C. The second-order valence-electron chi connectivity index (χ2n) is 6.04. The molecular formula is C15H18BFO4. The van der Waals surface area contributed by atoms with Crippen LogP contribution in [0.2, 0.25) is 0 Å². The molecule has 1 heterocycles. The van der Waals surface area contributed by atoms with Gasteiger partial charge in [-0.1, -0.05) is 12.1 Å². The number of hydrogen-bond donors (Lipinski definition) is 1. The minimum atomic E-state index is -1.12. The Hall–Kier alpha value is -1.66. The molecule has 0 radical (unpaired) electrons. The first-order chi connectivity index (χ1) is 9.62. The lowest BCUT2D eigenvalue weighted by atomic mass is 9.78. The van der Waals surface area contributed by atoms with E-state index in [4.69, 9.17) is 14.4 Å². The van der Waals surface area contributed by atoms with Gasteiger partial charge in [-0.25, -0.2) is 9.18 Å². The highest BCUT2D eigenvalue weighted by Gasteiger charge is 2.51. The Labute approximate surface area is 123 Å². The first-order valence-electron chi connectivity index (χ1n) is 6.68. The van der Waals surface area contributed by atoms with Crippen molar-refractivity contribution in [2.75, 3.05) is 0 Å². The van der Waals surface area contributed by atoms with E-state index in [9.17, 15) is 9.18 Å². The van der Waals surface area contributed by atoms with Crippen LogP contribution >= 0.6 is 0 Å². The second kappa shape index (κ2) is 5.28. The highest BCUT2D eigenvalue weighted by Crippen LogP contribution is 2.36. The topological polar surface area (TPSA) is 55.8 Å². The first-order valence-corrected chi connectivity index (χ1v) is 6.68. The van der Waals surface area contributed by atoms with E-state index in [1.807, 2.05) is 27.7 Å². The van der Waals surface area contributed by atoms with Crippen LogP contribution in [0.4, 0.5) is 4.39 Å². The summed E-state index contributed by atoms with van der Waals surface area (Å²) in [5.74, 6) is -1.64. The quantitative estimate of drug-likeness (QED) is 0.685. The Bertz CT molecular complexity index is 579. The molecule has 4 nitrogen and oxygen atoms in total. The molecule has 0 aromatic heterocycles. The van der Waals surface area contributed by atoms with Gasteiger partial charge in [-0.3, -0.25) is 0 Å². The number of hydrogen-bond acceptors (Lipinski definition) is 3. The molecule has 21 heavy (non-hydrogen) atoms. The van der Waals surface area contributed by atoms with Gasteiger partial charge in [0.1, 0.15) is 5.82 Å². The summed E-state index contributed by atoms with van der Waals surface area (Å²) in [7, 11) is -0.637. The molecule has 1 aromatic carbocycles. The molecule has 1 aliphatic heterocycles. The molecule has 1 saturated heterocycles. The standard InChI is InChI=1S/C15H18BFO4/c1-14(2)15(3,4)21-16(20-14)11-7-5-10(12(17)9-11)6-8-13(18)19/h5-9H,1-4H3,(H,18,19)/b8-6+. The number of carboxylic acid groups (broad SMARTS) is 1. The lowest BCUT2D eigenvalue weighted by Crippen LogP contribution is -2.41. The summed E-state index contributed by atoms with van der Waals surface area (Å²) in [6.07, 6.45) is 2.11. The van der Waals surface area contributed by atoms with Gasteiger partial charge in [0.15, 0.2) is 0 Å². The van der Waals surface area contributed by atoms with Crippen LogP contribution < -0.4 is 5.46 Å². The van der Waals surface area contributed by atoms with Gasteiger partial charge in [0.25, 0.3) is 0 Å². The zero-order valence-corrected chi connectivity index (χ0v) is 12.5. The van der Waals surface area contributed by atoms with Crippen LogP contribution in [-0.2, 0) is 14.1 Å². The number of halogens is 1. The van der Waals surface area contributed by atoms with Crippen molar-refractivity contribution in [2.45, 2.75) is 38.9 Å². The third kappa shape index (κ3) is 3.17. The molecule has 0 aliphatic carbocycles. The zero-order valence-electron chi connectivity index (χ0n) is 12.5. The maximum Gasteiger partial charge on any atom is 0.494 e. The Kier molecular flexibility index (Phi) is 3.95. The molecule has 1 aromatic rings. The van der Waals surface area contributed by atoms with Crippen LogP contribution in [0.15, 0.2) is 24.3 Å². The van der Waals surface area contributed by atoms with Gasteiger partial charge in [0, 0.05) is 11.6 Å². The molecule has 2 rings (SSSR count). The molecule has 0 atom stereocenters. The Balaban J connectivity index is 2.24. The predicted molar refractivity (Wildman–Crippen MR) is 78.8 cm³/mol. The lowest BCUT2D eigenvalue weighted by molar-refractivity contribution is -0.131. The average Bonchev–Trinajstić information content (AvgIpc) is 2.56. The third-order valence-electron chi connectivity index (χ3n) is 3.96. The van der Waals surface area contributed by atoms with Gasteiger partial charge in [-0.05, 0) is 45.3 Å². The second-order valence-corrected chi connectivity index (χ2v) is 6.04. The van der Waals surface area contributed by atoms with Crippen molar-refractivity contribution >= 4 is 24.6 Å². The van der Waals surface area contributed by atoms with Crippen molar-refractivity contribution in [3.63, 3.8) is 0 Å². The minimum Gasteiger partial charge on any atom is -0.478 e. The number of rotatable bonds is 3. The normalized spacial score (nSPS) is 20.1. The van der Waals surface area contributed by atoms with Crippen LogP contribution in [0.3, 0.4) is 0 Å². The van der Waals surface area contributed by atoms with Crippen molar-refractivity contribution in [1.29, 1.82) is 0 Å². The summed E-state index contributed by atoms with van der Waals surface area (Å²) in [5.41, 5.74) is -0.206. The molecule has 1 N–H and O–H groups in total. The molecule has 0 bridgehead atoms. The van der Waals surface area contributed by atoms with E-state index in [2.05, 4.69) is 0 Å². The highest BCUT2D eigenvalue weighted by atomic mass is 19.1. The fourth-order valence-electron chi connectivity index (χ4n) is 1.97. The summed E-state index contributed by atoms with van der Waals surface area (Å²) < 4.78 is 25.7. The van der Waals surface area contributed by atoms with Gasteiger partial charge in [-0.15, -0.1) is 0 Å². The van der Waals surface area contributed by atoms with Crippen LogP contribution in [0.25, 0.3) is 6.08 Å².